The van der Waals surface area contributed by atoms with Crippen LogP contribution in [0.5, 0.6) is 0 Å². The molecule has 1 aromatic heterocycles. The Morgan fingerprint density at radius 1 is 1.12 bits per heavy atom. The lowest BCUT2D eigenvalue weighted by molar-refractivity contribution is -0.146. The third kappa shape index (κ3) is 2.38. The highest BCUT2D eigenvalue weighted by Crippen LogP contribution is 2.60. The molecule has 6 rings (SSSR count). The van der Waals surface area contributed by atoms with E-state index < -0.39 is 0 Å². The van der Waals surface area contributed by atoms with Crippen molar-refractivity contribution in [2.45, 2.75) is 45.1 Å². The van der Waals surface area contributed by atoms with Crippen LogP contribution >= 0.6 is 11.3 Å². The van der Waals surface area contributed by atoms with E-state index in [1.165, 1.54) is 25.3 Å². The van der Waals surface area contributed by atoms with Crippen molar-refractivity contribution in [2.75, 3.05) is 0 Å². The molecule has 1 aromatic carbocycles. The van der Waals surface area contributed by atoms with Crippen LogP contribution in [-0.2, 0) is 11.3 Å². The molecule has 0 spiro atoms. The molecule has 0 unspecified atom stereocenters. The average molecular weight is 343 g/mol. The minimum atomic E-state index is -0.204. The Hall–Kier alpha value is -1.42. The molecule has 1 amide bonds. The number of thiophene rings is 1. The highest BCUT2D eigenvalue weighted by molar-refractivity contribution is 7.19. The number of nitrogens with one attached hydrogen (secondary N) is 1. The fourth-order valence-electron chi connectivity index (χ4n) is 5.90. The zero-order valence-electron chi connectivity index (χ0n) is 13.7. The molecule has 0 saturated heterocycles. The number of hydrogen-bond acceptors (Lipinski definition) is 2. The normalized spacial score (nSPS) is 34.0. The maximum absolute atomic E-state index is 13.3. The molecule has 24 heavy (non-hydrogen) atoms. The molecule has 4 bridgehead atoms. The van der Waals surface area contributed by atoms with Gasteiger partial charge in [0.15, 0.2) is 0 Å². The Bertz CT molecular complexity index is 776. The first-order valence-electron chi connectivity index (χ1n) is 9.06. The number of benzene rings is 1. The molecule has 2 nitrogen and oxygen atoms in total. The van der Waals surface area contributed by atoms with Crippen molar-refractivity contribution < 1.29 is 9.18 Å². The van der Waals surface area contributed by atoms with Crippen molar-refractivity contribution in [1.29, 1.82) is 0 Å². The van der Waals surface area contributed by atoms with Gasteiger partial charge in [-0.1, -0.05) is 0 Å². The third-order valence-electron chi connectivity index (χ3n) is 6.47. The van der Waals surface area contributed by atoms with Crippen molar-refractivity contribution in [1.82, 2.24) is 5.32 Å². The minimum absolute atomic E-state index is 0.0858. The van der Waals surface area contributed by atoms with E-state index in [9.17, 15) is 9.18 Å². The molecule has 4 fully saturated rings. The summed E-state index contributed by atoms with van der Waals surface area (Å²) in [5.41, 5.74) is -0.0858. The van der Waals surface area contributed by atoms with Crippen molar-refractivity contribution in [2.24, 2.45) is 23.2 Å². The monoisotopic (exact) mass is 343 g/mol. The van der Waals surface area contributed by atoms with Crippen LogP contribution in [0.25, 0.3) is 10.1 Å². The molecule has 0 atom stereocenters. The van der Waals surface area contributed by atoms with E-state index in [1.54, 1.807) is 17.4 Å². The standard InChI is InChI=1S/C20H22FNOS/c21-16-1-2-18-15(6-16)7-17(24-18)11-22-19(23)20-8-12-3-13(9-20)5-14(4-12)10-20/h1-2,6-7,12-14H,3-5,8-11H2,(H,22,23). The van der Waals surface area contributed by atoms with Gasteiger partial charge in [0.1, 0.15) is 5.82 Å². The SMILES string of the molecule is O=C(NCc1cc2cc(F)ccc2s1)C12CC3CC(CC(C3)C1)C2. The molecule has 0 aliphatic heterocycles. The highest BCUT2D eigenvalue weighted by Gasteiger charge is 2.54. The summed E-state index contributed by atoms with van der Waals surface area (Å²) in [7, 11) is 0. The second-order valence-corrected chi connectivity index (χ2v) is 9.44. The van der Waals surface area contributed by atoms with Gasteiger partial charge in [-0.05, 0) is 85.9 Å². The molecule has 1 N–H and O–H groups in total. The van der Waals surface area contributed by atoms with Gasteiger partial charge >= 0.3 is 0 Å². The van der Waals surface area contributed by atoms with Gasteiger partial charge < -0.3 is 5.32 Å². The van der Waals surface area contributed by atoms with Crippen molar-refractivity contribution >= 4 is 27.3 Å². The van der Waals surface area contributed by atoms with Gasteiger partial charge in [-0.25, -0.2) is 4.39 Å². The second-order valence-electron chi connectivity index (χ2n) is 8.28. The Morgan fingerprint density at radius 2 is 1.79 bits per heavy atom. The largest absolute Gasteiger partial charge is 0.351 e. The zero-order valence-corrected chi connectivity index (χ0v) is 14.5. The fourth-order valence-corrected chi connectivity index (χ4v) is 6.88. The van der Waals surface area contributed by atoms with Crippen LogP contribution in [-0.4, -0.2) is 5.91 Å². The number of fused-ring (bicyclic) bond motifs is 1. The lowest BCUT2D eigenvalue weighted by Gasteiger charge is -2.55. The van der Waals surface area contributed by atoms with Gasteiger partial charge in [0, 0.05) is 15.0 Å². The predicted molar refractivity (Wildman–Crippen MR) is 94.2 cm³/mol. The zero-order chi connectivity index (χ0) is 16.3. The molecule has 4 saturated carbocycles. The summed E-state index contributed by atoms with van der Waals surface area (Å²) in [6.45, 7) is 0.571. The maximum atomic E-state index is 13.3. The smallest absolute Gasteiger partial charge is 0.226 e. The summed E-state index contributed by atoms with van der Waals surface area (Å²) in [5.74, 6) is 2.42. The van der Waals surface area contributed by atoms with Crippen LogP contribution in [0.15, 0.2) is 24.3 Å². The van der Waals surface area contributed by atoms with Crippen molar-refractivity contribution in [3.8, 4) is 0 Å². The van der Waals surface area contributed by atoms with Crippen LogP contribution in [0.3, 0.4) is 0 Å². The van der Waals surface area contributed by atoms with Gasteiger partial charge in [0.05, 0.1) is 6.54 Å². The van der Waals surface area contributed by atoms with E-state index in [4.69, 9.17) is 0 Å². The van der Waals surface area contributed by atoms with Crippen molar-refractivity contribution in [3.05, 3.63) is 35.0 Å². The van der Waals surface area contributed by atoms with E-state index in [1.807, 2.05) is 12.1 Å². The molecule has 2 aromatic rings. The number of carbonyl (C=O) groups excluding carboxylic acids is 1. The molecular formula is C20H22FNOS. The Balaban J connectivity index is 1.31. The lowest BCUT2D eigenvalue weighted by Crippen LogP contribution is -2.53. The minimum Gasteiger partial charge on any atom is -0.351 e. The summed E-state index contributed by atoms with van der Waals surface area (Å²) in [4.78, 5) is 14.1. The molecule has 1 heterocycles. The third-order valence-corrected chi connectivity index (χ3v) is 7.59. The van der Waals surface area contributed by atoms with Gasteiger partial charge in [0.2, 0.25) is 5.91 Å². The summed E-state index contributed by atoms with van der Waals surface area (Å²) >= 11 is 1.64. The molecule has 4 heteroatoms. The van der Waals surface area contributed by atoms with E-state index in [0.717, 1.165) is 52.0 Å². The van der Waals surface area contributed by atoms with E-state index in [-0.39, 0.29) is 17.1 Å². The van der Waals surface area contributed by atoms with E-state index in [2.05, 4.69) is 5.32 Å². The first-order valence-corrected chi connectivity index (χ1v) is 9.88. The number of hydrogen-bond donors (Lipinski definition) is 1. The Kier molecular flexibility index (Phi) is 3.28. The van der Waals surface area contributed by atoms with Crippen LogP contribution in [0.4, 0.5) is 4.39 Å². The first-order chi connectivity index (χ1) is 11.6. The van der Waals surface area contributed by atoms with E-state index >= 15 is 0 Å². The van der Waals surface area contributed by atoms with Crippen LogP contribution in [0.2, 0.25) is 0 Å². The van der Waals surface area contributed by atoms with E-state index in [0.29, 0.717) is 6.54 Å². The molecule has 4 aliphatic rings. The second kappa shape index (κ2) is 5.29. The fraction of sp³-hybridized carbons (Fsp3) is 0.550. The van der Waals surface area contributed by atoms with Gasteiger partial charge in [-0.3, -0.25) is 4.79 Å². The molecule has 126 valence electrons. The van der Waals surface area contributed by atoms with Crippen LogP contribution in [0, 0.1) is 29.0 Å². The molecule has 0 radical (unpaired) electrons. The van der Waals surface area contributed by atoms with Crippen LogP contribution < -0.4 is 5.32 Å². The van der Waals surface area contributed by atoms with Gasteiger partial charge in [-0.2, -0.15) is 0 Å². The van der Waals surface area contributed by atoms with Crippen LogP contribution in [0.1, 0.15) is 43.4 Å². The number of carbonyl (C=O) groups is 1. The predicted octanol–water partition coefficient (Wildman–Crippen LogP) is 4.87. The van der Waals surface area contributed by atoms with Gasteiger partial charge in [0.25, 0.3) is 0 Å². The maximum Gasteiger partial charge on any atom is 0.226 e. The quantitative estimate of drug-likeness (QED) is 0.846. The Morgan fingerprint density at radius 3 is 2.46 bits per heavy atom. The molecular weight excluding hydrogens is 321 g/mol. The van der Waals surface area contributed by atoms with Gasteiger partial charge in [-0.15, -0.1) is 11.3 Å². The number of rotatable bonds is 3. The number of halogens is 1. The first kappa shape index (κ1) is 14.9. The summed E-state index contributed by atoms with van der Waals surface area (Å²) in [5, 5.41) is 4.14. The average Bonchev–Trinajstić information content (AvgIpc) is 2.93. The summed E-state index contributed by atoms with van der Waals surface area (Å²) in [6.07, 6.45) is 7.37. The highest BCUT2D eigenvalue weighted by atomic mass is 32.1. The Labute approximate surface area is 145 Å². The summed E-state index contributed by atoms with van der Waals surface area (Å²) in [6, 6.07) is 6.88. The summed E-state index contributed by atoms with van der Waals surface area (Å²) < 4.78 is 14.4. The topological polar surface area (TPSA) is 29.1 Å². The molecule has 4 aliphatic carbocycles. The van der Waals surface area contributed by atoms with Crippen molar-refractivity contribution in [3.63, 3.8) is 0 Å². The number of amides is 1. The lowest BCUT2D eigenvalue weighted by atomic mass is 9.49.